The molecule has 0 unspecified atom stereocenters. The molecule has 1 aromatic rings. The number of nitrogens with two attached hydrogens (primary N) is 1. The molecule has 0 radical (unpaired) electrons. The van der Waals surface area contributed by atoms with Gasteiger partial charge in [-0.3, -0.25) is 0 Å². The Bertz CT molecular complexity index is 275. The zero-order valence-electron chi connectivity index (χ0n) is 6.46. The highest BCUT2D eigenvalue weighted by Gasteiger charge is 1.99. The highest BCUT2D eigenvalue weighted by molar-refractivity contribution is 7.80. The van der Waals surface area contributed by atoms with Crippen LogP contribution in [-0.2, 0) is 0 Å². The number of hydrogen-bond acceptors (Lipinski definition) is 3. The van der Waals surface area contributed by atoms with E-state index < -0.39 is 0 Å². The Morgan fingerprint density at radius 1 is 1.45 bits per heavy atom. The van der Waals surface area contributed by atoms with Crippen LogP contribution in [0.15, 0.2) is 6.07 Å². The predicted octanol–water partition coefficient (Wildman–Crippen LogP) is 0.728. The maximum atomic E-state index is 5.39. The third-order valence-corrected chi connectivity index (χ3v) is 1.43. The normalized spacial score (nSPS) is 9.64. The zero-order valence-corrected chi connectivity index (χ0v) is 7.27. The Balaban J connectivity index is 3.19. The average Bonchev–Trinajstić information content (AvgIpc) is 1.85. The van der Waals surface area contributed by atoms with Crippen LogP contribution in [-0.4, -0.2) is 15.0 Å². The molecule has 0 spiro atoms. The molecule has 1 heterocycles. The molecule has 0 aliphatic heterocycles. The summed E-state index contributed by atoms with van der Waals surface area (Å²) in [5.41, 5.74) is 6.93. The molecule has 0 saturated heterocycles. The second-order valence-corrected chi connectivity index (χ2v) is 2.75. The molecule has 0 bridgehead atoms. The van der Waals surface area contributed by atoms with Crippen LogP contribution < -0.4 is 5.73 Å². The Kier molecular flexibility index (Phi) is 2.14. The van der Waals surface area contributed by atoms with Gasteiger partial charge in [0.15, 0.2) is 0 Å². The summed E-state index contributed by atoms with van der Waals surface area (Å²) >= 11 is 4.77. The molecule has 0 amide bonds. The van der Waals surface area contributed by atoms with Gasteiger partial charge in [0.1, 0.15) is 16.5 Å². The maximum absolute atomic E-state index is 5.39. The minimum absolute atomic E-state index is 0.318. The summed E-state index contributed by atoms with van der Waals surface area (Å²) in [6.07, 6.45) is 0. The first-order valence-corrected chi connectivity index (χ1v) is 3.62. The van der Waals surface area contributed by atoms with Crippen molar-refractivity contribution in [2.45, 2.75) is 13.8 Å². The van der Waals surface area contributed by atoms with Crippen LogP contribution in [0.5, 0.6) is 0 Å². The van der Waals surface area contributed by atoms with Gasteiger partial charge in [-0.15, -0.1) is 0 Å². The molecule has 0 aliphatic carbocycles. The lowest BCUT2D eigenvalue weighted by Gasteiger charge is -1.99. The number of hydrogen-bond donors (Lipinski definition) is 1. The molecule has 0 aliphatic rings. The van der Waals surface area contributed by atoms with Crippen LogP contribution >= 0.6 is 12.2 Å². The molecule has 11 heavy (non-hydrogen) atoms. The van der Waals surface area contributed by atoms with Crippen molar-refractivity contribution in [3.63, 3.8) is 0 Å². The maximum Gasteiger partial charge on any atom is 0.126 e. The molecule has 1 rings (SSSR count). The molecular formula is C7H9N3S. The van der Waals surface area contributed by atoms with Crippen molar-refractivity contribution in [2.75, 3.05) is 0 Å². The van der Waals surface area contributed by atoms with Gasteiger partial charge in [0.2, 0.25) is 0 Å². The molecule has 2 N–H and O–H groups in total. The van der Waals surface area contributed by atoms with E-state index in [-0.39, 0.29) is 0 Å². The lowest BCUT2D eigenvalue weighted by atomic mass is 10.3. The van der Waals surface area contributed by atoms with Crippen LogP contribution in [0.25, 0.3) is 0 Å². The van der Waals surface area contributed by atoms with Gasteiger partial charge in [-0.1, -0.05) is 12.2 Å². The van der Waals surface area contributed by atoms with E-state index in [1.165, 1.54) is 0 Å². The van der Waals surface area contributed by atoms with Crippen molar-refractivity contribution < 1.29 is 0 Å². The minimum Gasteiger partial charge on any atom is -0.388 e. The molecule has 0 fully saturated rings. The van der Waals surface area contributed by atoms with E-state index in [1.807, 2.05) is 13.8 Å². The van der Waals surface area contributed by atoms with Crippen LogP contribution in [0.4, 0.5) is 0 Å². The average molecular weight is 167 g/mol. The summed E-state index contributed by atoms with van der Waals surface area (Å²) in [7, 11) is 0. The first kappa shape index (κ1) is 8.07. The van der Waals surface area contributed by atoms with Crippen LogP contribution in [0.2, 0.25) is 0 Å². The first-order valence-electron chi connectivity index (χ1n) is 3.21. The fourth-order valence-electron chi connectivity index (χ4n) is 0.843. The summed E-state index contributed by atoms with van der Waals surface area (Å²) in [5, 5.41) is 0. The van der Waals surface area contributed by atoms with E-state index in [2.05, 4.69) is 9.97 Å². The van der Waals surface area contributed by atoms with E-state index in [9.17, 15) is 0 Å². The molecular weight excluding hydrogens is 158 g/mol. The standard InChI is InChI=1S/C7H9N3S/c1-4-3-6(7(8)11)10-5(2)9-4/h3H,1-2H3,(H2,8,11). The Hall–Kier alpha value is -1.03. The van der Waals surface area contributed by atoms with Crippen molar-refractivity contribution >= 4 is 17.2 Å². The third-order valence-electron chi connectivity index (χ3n) is 1.22. The van der Waals surface area contributed by atoms with Crippen molar-refractivity contribution in [3.05, 3.63) is 23.3 Å². The van der Waals surface area contributed by atoms with Gasteiger partial charge in [-0.25, -0.2) is 9.97 Å². The number of aromatic nitrogens is 2. The SMILES string of the molecule is Cc1cc(C(N)=S)nc(C)n1. The molecule has 58 valence electrons. The number of rotatable bonds is 1. The lowest BCUT2D eigenvalue weighted by Crippen LogP contribution is -2.13. The van der Waals surface area contributed by atoms with Crippen LogP contribution in [0.3, 0.4) is 0 Å². The Morgan fingerprint density at radius 3 is 2.55 bits per heavy atom. The highest BCUT2D eigenvalue weighted by atomic mass is 32.1. The summed E-state index contributed by atoms with van der Waals surface area (Å²) in [5.74, 6) is 0.702. The van der Waals surface area contributed by atoms with Gasteiger partial charge in [0.05, 0.1) is 0 Å². The Morgan fingerprint density at radius 2 is 2.09 bits per heavy atom. The van der Waals surface area contributed by atoms with Gasteiger partial charge < -0.3 is 5.73 Å². The molecule has 0 atom stereocenters. The van der Waals surface area contributed by atoms with E-state index in [1.54, 1.807) is 6.07 Å². The lowest BCUT2D eigenvalue weighted by molar-refractivity contribution is 1.00. The van der Waals surface area contributed by atoms with Gasteiger partial charge in [-0.05, 0) is 19.9 Å². The van der Waals surface area contributed by atoms with E-state index in [0.29, 0.717) is 16.5 Å². The predicted molar refractivity (Wildman–Crippen MR) is 47.4 cm³/mol. The van der Waals surface area contributed by atoms with Crippen molar-refractivity contribution in [1.29, 1.82) is 0 Å². The molecule has 0 saturated carbocycles. The summed E-state index contributed by atoms with van der Waals surface area (Å²) in [6, 6.07) is 1.77. The van der Waals surface area contributed by atoms with E-state index in [0.717, 1.165) is 5.69 Å². The smallest absolute Gasteiger partial charge is 0.126 e. The first-order chi connectivity index (χ1) is 5.09. The fourth-order valence-corrected chi connectivity index (χ4v) is 0.948. The largest absolute Gasteiger partial charge is 0.388 e. The molecule has 0 aromatic carbocycles. The van der Waals surface area contributed by atoms with E-state index >= 15 is 0 Å². The van der Waals surface area contributed by atoms with Gasteiger partial charge in [0, 0.05) is 5.69 Å². The van der Waals surface area contributed by atoms with Gasteiger partial charge >= 0.3 is 0 Å². The minimum atomic E-state index is 0.318. The summed E-state index contributed by atoms with van der Waals surface area (Å²) < 4.78 is 0. The van der Waals surface area contributed by atoms with Crippen molar-refractivity contribution in [3.8, 4) is 0 Å². The molecule has 3 nitrogen and oxygen atoms in total. The second kappa shape index (κ2) is 2.92. The summed E-state index contributed by atoms with van der Waals surface area (Å²) in [4.78, 5) is 8.46. The van der Waals surface area contributed by atoms with Gasteiger partial charge in [-0.2, -0.15) is 0 Å². The Labute approximate surface area is 70.7 Å². The van der Waals surface area contributed by atoms with Crippen molar-refractivity contribution in [2.24, 2.45) is 5.73 Å². The highest BCUT2D eigenvalue weighted by Crippen LogP contribution is 1.98. The summed E-state index contributed by atoms with van der Waals surface area (Å²) in [6.45, 7) is 3.70. The molecule has 1 aromatic heterocycles. The number of aryl methyl sites for hydroxylation is 2. The number of thiocarbonyl (C=S) groups is 1. The number of nitrogens with zero attached hydrogens (tertiary/aromatic N) is 2. The van der Waals surface area contributed by atoms with Gasteiger partial charge in [0.25, 0.3) is 0 Å². The van der Waals surface area contributed by atoms with E-state index in [4.69, 9.17) is 18.0 Å². The fraction of sp³-hybridized carbons (Fsp3) is 0.286. The monoisotopic (exact) mass is 167 g/mol. The second-order valence-electron chi connectivity index (χ2n) is 2.31. The topological polar surface area (TPSA) is 51.8 Å². The quantitative estimate of drug-likeness (QED) is 0.626. The van der Waals surface area contributed by atoms with Crippen LogP contribution in [0, 0.1) is 13.8 Å². The van der Waals surface area contributed by atoms with Crippen molar-refractivity contribution in [1.82, 2.24) is 9.97 Å². The zero-order chi connectivity index (χ0) is 8.43. The third kappa shape index (κ3) is 1.94. The van der Waals surface area contributed by atoms with Crippen LogP contribution in [0.1, 0.15) is 17.2 Å². The molecule has 4 heteroatoms.